The van der Waals surface area contributed by atoms with Crippen LogP contribution < -0.4 is 10.6 Å². The van der Waals surface area contributed by atoms with Crippen molar-refractivity contribution in [2.24, 2.45) is 5.92 Å². The second kappa shape index (κ2) is 8.28. The van der Waals surface area contributed by atoms with Gasteiger partial charge in [-0.25, -0.2) is 0 Å². The van der Waals surface area contributed by atoms with Crippen LogP contribution in [0.3, 0.4) is 0 Å². The van der Waals surface area contributed by atoms with Gasteiger partial charge in [-0.2, -0.15) is 0 Å². The molecule has 0 aliphatic carbocycles. The van der Waals surface area contributed by atoms with E-state index in [9.17, 15) is 4.79 Å². The van der Waals surface area contributed by atoms with Crippen LogP contribution >= 0.6 is 12.2 Å². The molecular formula is C12H25N3OS. The molecule has 0 radical (unpaired) electrons. The minimum atomic E-state index is -0.276. The molecule has 4 nitrogen and oxygen atoms in total. The summed E-state index contributed by atoms with van der Waals surface area (Å²) in [4.78, 5) is 13.7. The van der Waals surface area contributed by atoms with Gasteiger partial charge in [-0.15, -0.1) is 0 Å². The topological polar surface area (TPSA) is 44.4 Å². The van der Waals surface area contributed by atoms with Crippen molar-refractivity contribution in [3.63, 3.8) is 0 Å². The van der Waals surface area contributed by atoms with Gasteiger partial charge in [0, 0.05) is 19.6 Å². The number of carbonyl (C=O) groups excluding carboxylic acids is 1. The summed E-state index contributed by atoms with van der Waals surface area (Å²) in [6.45, 7) is 12.3. The lowest BCUT2D eigenvalue weighted by Crippen LogP contribution is -2.50. The predicted octanol–water partition coefficient (Wildman–Crippen LogP) is 1.36. The Kier molecular flexibility index (Phi) is 7.87. The first-order chi connectivity index (χ1) is 7.92. The molecule has 17 heavy (non-hydrogen) atoms. The van der Waals surface area contributed by atoms with Crippen molar-refractivity contribution in [2.75, 3.05) is 19.6 Å². The van der Waals surface area contributed by atoms with Crippen molar-refractivity contribution >= 4 is 23.2 Å². The van der Waals surface area contributed by atoms with Gasteiger partial charge in [-0.3, -0.25) is 4.79 Å². The van der Waals surface area contributed by atoms with Crippen LogP contribution in [0.2, 0.25) is 0 Å². The number of hydrogen-bond acceptors (Lipinski definition) is 2. The van der Waals surface area contributed by atoms with Gasteiger partial charge in [-0.05, 0) is 38.9 Å². The molecule has 0 bridgehead atoms. The number of hydrogen-bond donors (Lipinski definition) is 2. The van der Waals surface area contributed by atoms with E-state index >= 15 is 0 Å². The molecule has 1 amide bonds. The van der Waals surface area contributed by atoms with Crippen LogP contribution in [0.4, 0.5) is 0 Å². The molecule has 0 aliphatic rings. The third kappa shape index (κ3) is 6.46. The molecule has 5 heteroatoms. The summed E-state index contributed by atoms with van der Waals surface area (Å²) in [5.74, 6) is 0.618. The van der Waals surface area contributed by atoms with Gasteiger partial charge in [0.1, 0.15) is 6.04 Å². The van der Waals surface area contributed by atoms with Gasteiger partial charge in [0.2, 0.25) is 5.91 Å². The average Bonchev–Trinajstić information content (AvgIpc) is 2.27. The number of thiocarbonyl (C=S) groups is 1. The maximum Gasteiger partial charge on any atom is 0.244 e. The average molecular weight is 259 g/mol. The van der Waals surface area contributed by atoms with Gasteiger partial charge in [-0.1, -0.05) is 13.8 Å². The Hall–Kier alpha value is -0.840. The molecule has 0 aromatic carbocycles. The van der Waals surface area contributed by atoms with Crippen LogP contribution in [0.5, 0.6) is 0 Å². The quantitative estimate of drug-likeness (QED) is 0.707. The summed E-state index contributed by atoms with van der Waals surface area (Å²) in [5, 5.41) is 6.65. The van der Waals surface area contributed by atoms with E-state index in [0.717, 1.165) is 19.6 Å². The molecule has 0 saturated carbocycles. The second-order valence-electron chi connectivity index (χ2n) is 4.48. The van der Waals surface area contributed by atoms with Crippen LogP contribution in [0.25, 0.3) is 0 Å². The van der Waals surface area contributed by atoms with E-state index in [1.807, 2.05) is 20.8 Å². The second-order valence-corrected chi connectivity index (χ2v) is 4.89. The van der Waals surface area contributed by atoms with Crippen molar-refractivity contribution in [3.05, 3.63) is 0 Å². The molecule has 1 atom stereocenters. The van der Waals surface area contributed by atoms with Crippen molar-refractivity contribution < 1.29 is 4.79 Å². The van der Waals surface area contributed by atoms with Crippen LogP contribution in [-0.4, -0.2) is 41.6 Å². The highest BCUT2D eigenvalue weighted by atomic mass is 32.1. The normalized spacial score (nSPS) is 12.1. The minimum absolute atomic E-state index is 0.0868. The van der Waals surface area contributed by atoms with Gasteiger partial charge in [0.05, 0.1) is 0 Å². The third-order valence-electron chi connectivity index (χ3n) is 2.46. The Balaban J connectivity index is 4.11. The van der Waals surface area contributed by atoms with Crippen molar-refractivity contribution in [1.29, 1.82) is 0 Å². The highest BCUT2D eigenvalue weighted by Crippen LogP contribution is 1.95. The highest BCUT2D eigenvalue weighted by Gasteiger charge is 2.18. The summed E-state index contributed by atoms with van der Waals surface area (Å²) in [7, 11) is 0. The Bertz CT molecular complexity index is 252. The fourth-order valence-corrected chi connectivity index (χ4v) is 1.68. The van der Waals surface area contributed by atoms with E-state index in [4.69, 9.17) is 12.2 Å². The Morgan fingerprint density at radius 1 is 1.24 bits per heavy atom. The molecule has 0 saturated heterocycles. The highest BCUT2D eigenvalue weighted by molar-refractivity contribution is 7.80. The van der Waals surface area contributed by atoms with Crippen LogP contribution in [-0.2, 0) is 4.79 Å². The lowest BCUT2D eigenvalue weighted by Gasteiger charge is -2.24. The van der Waals surface area contributed by atoms with E-state index in [1.54, 1.807) is 4.90 Å². The van der Waals surface area contributed by atoms with Gasteiger partial charge >= 0.3 is 0 Å². The maximum absolute atomic E-state index is 12.0. The SMILES string of the molecule is CCN(CC)C(=O)C(C)NC(=S)NCC(C)C. The van der Waals surface area contributed by atoms with Crippen LogP contribution in [0, 0.1) is 5.92 Å². The predicted molar refractivity (Wildman–Crippen MR) is 76.0 cm³/mol. The zero-order valence-corrected chi connectivity index (χ0v) is 12.4. The van der Waals surface area contributed by atoms with E-state index in [2.05, 4.69) is 24.5 Å². The van der Waals surface area contributed by atoms with E-state index < -0.39 is 0 Å². The van der Waals surface area contributed by atoms with Crippen LogP contribution in [0.15, 0.2) is 0 Å². The fraction of sp³-hybridized carbons (Fsp3) is 0.833. The molecule has 0 aromatic heterocycles. The fourth-order valence-electron chi connectivity index (χ4n) is 1.42. The molecule has 1 unspecified atom stereocenters. The summed E-state index contributed by atoms with van der Waals surface area (Å²) >= 11 is 5.13. The summed E-state index contributed by atoms with van der Waals surface area (Å²) in [6, 6.07) is -0.276. The molecule has 2 N–H and O–H groups in total. The Morgan fingerprint density at radius 3 is 2.18 bits per heavy atom. The Morgan fingerprint density at radius 2 is 1.76 bits per heavy atom. The number of likely N-dealkylation sites (N-methyl/N-ethyl adjacent to an activating group) is 1. The summed E-state index contributed by atoms with van der Waals surface area (Å²) in [5.41, 5.74) is 0. The molecule has 0 heterocycles. The number of amides is 1. The maximum atomic E-state index is 12.0. The third-order valence-corrected chi connectivity index (χ3v) is 2.73. The monoisotopic (exact) mass is 259 g/mol. The first-order valence-electron chi connectivity index (χ1n) is 6.25. The molecule has 100 valence electrons. The van der Waals surface area contributed by atoms with Gasteiger partial charge < -0.3 is 15.5 Å². The smallest absolute Gasteiger partial charge is 0.244 e. The largest absolute Gasteiger partial charge is 0.362 e. The summed E-state index contributed by atoms with van der Waals surface area (Å²) < 4.78 is 0. The Labute approximate surface area is 110 Å². The van der Waals surface area contributed by atoms with Crippen molar-refractivity contribution in [2.45, 2.75) is 40.7 Å². The van der Waals surface area contributed by atoms with Crippen molar-refractivity contribution in [3.8, 4) is 0 Å². The lowest BCUT2D eigenvalue weighted by atomic mass is 10.2. The van der Waals surface area contributed by atoms with Crippen LogP contribution in [0.1, 0.15) is 34.6 Å². The van der Waals surface area contributed by atoms with Crippen molar-refractivity contribution in [1.82, 2.24) is 15.5 Å². The molecule has 0 aliphatic heterocycles. The standard InChI is InChI=1S/C12H25N3OS/c1-6-15(7-2)11(16)10(5)14-12(17)13-8-9(3)4/h9-10H,6-8H2,1-5H3,(H2,13,14,17). The molecule has 0 fully saturated rings. The van der Waals surface area contributed by atoms with Gasteiger partial charge in [0.15, 0.2) is 5.11 Å². The number of carbonyl (C=O) groups is 1. The molecule has 0 aromatic rings. The van der Waals surface area contributed by atoms with E-state index in [0.29, 0.717) is 11.0 Å². The van der Waals surface area contributed by atoms with E-state index in [-0.39, 0.29) is 11.9 Å². The van der Waals surface area contributed by atoms with E-state index in [1.165, 1.54) is 0 Å². The first-order valence-corrected chi connectivity index (χ1v) is 6.66. The molecule has 0 rings (SSSR count). The zero-order chi connectivity index (χ0) is 13.4. The summed E-state index contributed by atoms with van der Waals surface area (Å²) in [6.07, 6.45) is 0. The number of nitrogens with one attached hydrogen (secondary N) is 2. The lowest BCUT2D eigenvalue weighted by molar-refractivity contribution is -0.132. The number of nitrogens with zero attached hydrogens (tertiary/aromatic N) is 1. The zero-order valence-electron chi connectivity index (χ0n) is 11.5. The first kappa shape index (κ1) is 16.2. The minimum Gasteiger partial charge on any atom is -0.362 e. The van der Waals surface area contributed by atoms with Gasteiger partial charge in [0.25, 0.3) is 0 Å². The molecule has 0 spiro atoms. The number of rotatable bonds is 6. The molecular weight excluding hydrogens is 234 g/mol.